The summed E-state index contributed by atoms with van der Waals surface area (Å²) in [6.45, 7) is 5.56. The van der Waals surface area contributed by atoms with Crippen LogP contribution < -0.4 is 5.32 Å². The average molecular weight is 331 g/mol. The van der Waals surface area contributed by atoms with Crippen LogP contribution in [-0.2, 0) is 14.3 Å². The SMILES string of the molecule is C=CC(=O)Nc1ccc(C(=O)N(C)CC(=O)N2CCOCC2)cc1. The number of anilines is 1. The van der Waals surface area contributed by atoms with Crippen molar-refractivity contribution in [1.29, 1.82) is 0 Å². The lowest BCUT2D eigenvalue weighted by Crippen LogP contribution is -2.46. The van der Waals surface area contributed by atoms with E-state index in [1.807, 2.05) is 0 Å². The number of morpholine rings is 1. The highest BCUT2D eigenvalue weighted by Gasteiger charge is 2.21. The van der Waals surface area contributed by atoms with E-state index < -0.39 is 0 Å². The first-order chi connectivity index (χ1) is 11.5. The van der Waals surface area contributed by atoms with Crippen molar-refractivity contribution in [3.63, 3.8) is 0 Å². The molecule has 1 saturated heterocycles. The number of nitrogens with one attached hydrogen (secondary N) is 1. The third-order valence-corrected chi connectivity index (χ3v) is 3.67. The molecule has 2 rings (SSSR count). The van der Waals surface area contributed by atoms with Gasteiger partial charge in [-0.25, -0.2) is 0 Å². The number of carbonyl (C=O) groups excluding carboxylic acids is 3. The van der Waals surface area contributed by atoms with E-state index in [1.54, 1.807) is 36.2 Å². The lowest BCUT2D eigenvalue weighted by atomic mass is 10.2. The summed E-state index contributed by atoms with van der Waals surface area (Å²) in [5.74, 6) is -0.662. The first kappa shape index (κ1) is 17.7. The van der Waals surface area contributed by atoms with Crippen LogP contribution in [-0.4, -0.2) is 67.4 Å². The number of hydrogen-bond donors (Lipinski definition) is 1. The minimum atomic E-state index is -0.317. The zero-order valence-electron chi connectivity index (χ0n) is 13.7. The molecule has 0 spiro atoms. The Balaban J connectivity index is 1.93. The number of nitrogens with zero attached hydrogens (tertiary/aromatic N) is 2. The van der Waals surface area contributed by atoms with Gasteiger partial charge in [-0.2, -0.15) is 0 Å². The van der Waals surface area contributed by atoms with Crippen molar-refractivity contribution in [3.05, 3.63) is 42.5 Å². The normalized spacial score (nSPS) is 14.0. The van der Waals surface area contributed by atoms with Crippen LogP contribution in [0, 0.1) is 0 Å². The van der Waals surface area contributed by atoms with Crippen LogP contribution in [0.4, 0.5) is 5.69 Å². The van der Waals surface area contributed by atoms with Crippen molar-refractivity contribution < 1.29 is 19.1 Å². The molecule has 0 bridgehead atoms. The van der Waals surface area contributed by atoms with Crippen LogP contribution >= 0.6 is 0 Å². The molecule has 0 radical (unpaired) electrons. The van der Waals surface area contributed by atoms with Crippen molar-refractivity contribution in [3.8, 4) is 0 Å². The topological polar surface area (TPSA) is 79.0 Å². The van der Waals surface area contributed by atoms with Crippen LogP contribution in [0.15, 0.2) is 36.9 Å². The van der Waals surface area contributed by atoms with Gasteiger partial charge in [0.1, 0.15) is 0 Å². The molecule has 7 heteroatoms. The third kappa shape index (κ3) is 4.66. The third-order valence-electron chi connectivity index (χ3n) is 3.67. The van der Waals surface area contributed by atoms with E-state index in [2.05, 4.69) is 11.9 Å². The number of benzene rings is 1. The molecule has 1 aliphatic rings. The smallest absolute Gasteiger partial charge is 0.254 e. The molecule has 1 aliphatic heterocycles. The maximum Gasteiger partial charge on any atom is 0.254 e. The first-order valence-electron chi connectivity index (χ1n) is 7.65. The second kappa shape index (κ2) is 8.26. The van der Waals surface area contributed by atoms with Crippen LogP contribution in [0.5, 0.6) is 0 Å². The predicted molar refractivity (Wildman–Crippen MR) is 89.6 cm³/mol. The fourth-order valence-corrected chi connectivity index (χ4v) is 2.30. The van der Waals surface area contributed by atoms with Gasteiger partial charge in [0.05, 0.1) is 19.8 Å². The van der Waals surface area contributed by atoms with E-state index in [-0.39, 0.29) is 24.3 Å². The molecule has 1 aromatic carbocycles. The number of likely N-dealkylation sites (N-methyl/N-ethyl adjacent to an activating group) is 1. The van der Waals surface area contributed by atoms with E-state index in [4.69, 9.17) is 4.74 Å². The number of hydrogen-bond acceptors (Lipinski definition) is 4. The lowest BCUT2D eigenvalue weighted by Gasteiger charge is -2.28. The van der Waals surface area contributed by atoms with Crippen LogP contribution in [0.3, 0.4) is 0 Å². The molecule has 1 N–H and O–H groups in total. The molecule has 1 heterocycles. The molecule has 0 unspecified atom stereocenters. The molecular weight excluding hydrogens is 310 g/mol. The minimum Gasteiger partial charge on any atom is -0.378 e. The zero-order chi connectivity index (χ0) is 17.5. The second-order valence-electron chi connectivity index (χ2n) is 5.43. The van der Waals surface area contributed by atoms with Gasteiger partial charge in [0.15, 0.2) is 0 Å². The largest absolute Gasteiger partial charge is 0.378 e. The monoisotopic (exact) mass is 331 g/mol. The summed E-state index contributed by atoms with van der Waals surface area (Å²) in [6, 6.07) is 6.48. The quantitative estimate of drug-likeness (QED) is 0.807. The Hall–Kier alpha value is -2.67. The van der Waals surface area contributed by atoms with Gasteiger partial charge in [0, 0.05) is 31.4 Å². The Kier molecular flexibility index (Phi) is 6.08. The first-order valence-corrected chi connectivity index (χ1v) is 7.65. The molecule has 24 heavy (non-hydrogen) atoms. The Morgan fingerprint density at radius 2 is 1.88 bits per heavy atom. The van der Waals surface area contributed by atoms with Crippen molar-refractivity contribution in [2.24, 2.45) is 0 Å². The Labute approximate surface area is 140 Å². The molecule has 0 saturated carbocycles. The number of carbonyl (C=O) groups is 3. The maximum atomic E-state index is 12.4. The molecule has 0 aromatic heterocycles. The predicted octanol–water partition coefficient (Wildman–Crippen LogP) is 0.742. The summed E-state index contributed by atoms with van der Waals surface area (Å²) in [5, 5.41) is 2.61. The average Bonchev–Trinajstić information content (AvgIpc) is 2.62. The van der Waals surface area contributed by atoms with E-state index in [1.165, 1.54) is 11.0 Å². The minimum absolute atomic E-state index is 0.0216. The van der Waals surface area contributed by atoms with Gasteiger partial charge in [-0.1, -0.05) is 6.58 Å². The van der Waals surface area contributed by atoms with Crippen molar-refractivity contribution in [2.75, 3.05) is 45.2 Å². The van der Waals surface area contributed by atoms with Gasteiger partial charge in [0.25, 0.3) is 5.91 Å². The molecule has 0 atom stereocenters. The molecule has 0 aliphatic carbocycles. The molecular formula is C17H21N3O4. The van der Waals surface area contributed by atoms with Crippen molar-refractivity contribution in [1.82, 2.24) is 9.80 Å². The Bertz CT molecular complexity index is 621. The molecule has 7 nitrogen and oxygen atoms in total. The van der Waals surface area contributed by atoms with Crippen LogP contribution in [0.2, 0.25) is 0 Å². The van der Waals surface area contributed by atoms with Gasteiger partial charge < -0.3 is 19.9 Å². The Morgan fingerprint density at radius 1 is 1.25 bits per heavy atom. The molecule has 3 amide bonds. The standard InChI is InChI=1S/C17H21N3O4/c1-3-15(21)18-14-6-4-13(5-7-14)17(23)19(2)12-16(22)20-8-10-24-11-9-20/h3-7H,1,8-12H2,2H3,(H,18,21). The summed E-state index contributed by atoms with van der Waals surface area (Å²) >= 11 is 0. The summed E-state index contributed by atoms with van der Waals surface area (Å²) < 4.78 is 5.21. The summed E-state index contributed by atoms with van der Waals surface area (Å²) in [5.41, 5.74) is 1.02. The highest BCUT2D eigenvalue weighted by atomic mass is 16.5. The maximum absolute atomic E-state index is 12.4. The zero-order valence-corrected chi connectivity index (χ0v) is 13.7. The summed E-state index contributed by atoms with van der Waals surface area (Å²) in [7, 11) is 1.59. The van der Waals surface area contributed by atoms with E-state index in [9.17, 15) is 14.4 Å². The number of rotatable bonds is 5. The molecule has 1 aromatic rings. The fraction of sp³-hybridized carbons (Fsp3) is 0.353. The summed E-state index contributed by atoms with van der Waals surface area (Å²) in [4.78, 5) is 38.9. The van der Waals surface area contributed by atoms with Gasteiger partial charge in [0.2, 0.25) is 11.8 Å². The van der Waals surface area contributed by atoms with Crippen LogP contribution in [0.1, 0.15) is 10.4 Å². The highest BCUT2D eigenvalue weighted by Crippen LogP contribution is 2.11. The van der Waals surface area contributed by atoms with Gasteiger partial charge in [-0.15, -0.1) is 0 Å². The van der Waals surface area contributed by atoms with Gasteiger partial charge in [-0.3, -0.25) is 14.4 Å². The summed E-state index contributed by atoms with van der Waals surface area (Å²) in [6.07, 6.45) is 1.17. The number of amides is 3. The van der Waals surface area contributed by atoms with E-state index in [0.717, 1.165) is 0 Å². The Morgan fingerprint density at radius 3 is 2.46 bits per heavy atom. The van der Waals surface area contributed by atoms with Crippen molar-refractivity contribution >= 4 is 23.4 Å². The molecule has 128 valence electrons. The lowest BCUT2D eigenvalue weighted by molar-refractivity contribution is -0.135. The van der Waals surface area contributed by atoms with Crippen molar-refractivity contribution in [2.45, 2.75) is 0 Å². The fourth-order valence-electron chi connectivity index (χ4n) is 2.30. The molecule has 1 fully saturated rings. The number of ether oxygens (including phenoxy) is 1. The van der Waals surface area contributed by atoms with E-state index in [0.29, 0.717) is 37.6 Å². The van der Waals surface area contributed by atoms with Gasteiger partial charge in [-0.05, 0) is 30.3 Å². The van der Waals surface area contributed by atoms with Gasteiger partial charge >= 0.3 is 0 Å². The van der Waals surface area contributed by atoms with Crippen LogP contribution in [0.25, 0.3) is 0 Å². The second-order valence-corrected chi connectivity index (χ2v) is 5.43. The van der Waals surface area contributed by atoms with E-state index >= 15 is 0 Å². The highest BCUT2D eigenvalue weighted by molar-refractivity contribution is 6.00.